The second-order valence-electron chi connectivity index (χ2n) is 3.72. The van der Waals surface area contributed by atoms with E-state index in [9.17, 15) is 0 Å². The summed E-state index contributed by atoms with van der Waals surface area (Å²) < 4.78 is 0. The molecule has 1 heteroatoms. The molecule has 0 unspecified atom stereocenters. The van der Waals surface area contributed by atoms with Gasteiger partial charge >= 0.3 is 0 Å². The predicted molar refractivity (Wildman–Crippen MR) is 83.2 cm³/mol. The lowest BCUT2D eigenvalue weighted by atomic mass is 10.1. The van der Waals surface area contributed by atoms with Gasteiger partial charge in [-0.05, 0) is 25.1 Å². The van der Waals surface area contributed by atoms with Crippen LogP contribution in [-0.4, -0.2) is 4.98 Å². The molecular weight excluding hydrogens is 218 g/mol. The van der Waals surface area contributed by atoms with Gasteiger partial charge in [0.2, 0.25) is 0 Å². The minimum absolute atomic E-state index is 1.22. The lowest BCUT2D eigenvalue weighted by Gasteiger charge is -1.92. The van der Waals surface area contributed by atoms with Crippen molar-refractivity contribution in [3.05, 3.63) is 48.0 Å². The van der Waals surface area contributed by atoms with E-state index >= 15 is 0 Å². The first-order valence-electron chi connectivity index (χ1n) is 6.82. The van der Waals surface area contributed by atoms with Crippen molar-refractivity contribution < 1.29 is 0 Å². The first-order chi connectivity index (χ1) is 8.84. The molecule has 0 fully saturated rings. The number of rotatable bonds is 0. The van der Waals surface area contributed by atoms with Crippen molar-refractivity contribution in [2.75, 3.05) is 0 Å². The van der Waals surface area contributed by atoms with Crippen molar-refractivity contribution in [3.8, 4) is 0 Å². The predicted octanol–water partition coefficient (Wildman–Crippen LogP) is 5.68. The van der Waals surface area contributed by atoms with Gasteiger partial charge in [-0.2, -0.15) is 0 Å². The van der Waals surface area contributed by atoms with E-state index in [1.807, 2.05) is 27.7 Å². The molecular formula is C17H23N. The highest BCUT2D eigenvalue weighted by atomic mass is 14.7. The molecule has 0 saturated carbocycles. The zero-order valence-electron chi connectivity index (χ0n) is 12.0. The summed E-state index contributed by atoms with van der Waals surface area (Å²) >= 11 is 0. The molecule has 3 aromatic rings. The second kappa shape index (κ2) is 6.85. The second-order valence-corrected chi connectivity index (χ2v) is 3.72. The maximum atomic E-state index is 3.41. The SMILES string of the molecule is CC.CC.Cc1ccc2[nH]c3ccccc3c2c1. The van der Waals surface area contributed by atoms with Crippen LogP contribution in [0.25, 0.3) is 21.8 Å². The average molecular weight is 241 g/mol. The number of benzene rings is 2. The summed E-state index contributed by atoms with van der Waals surface area (Å²) in [6, 6.07) is 14.9. The van der Waals surface area contributed by atoms with Crippen LogP contribution in [0.3, 0.4) is 0 Å². The van der Waals surface area contributed by atoms with E-state index < -0.39 is 0 Å². The molecule has 1 nitrogen and oxygen atoms in total. The zero-order chi connectivity index (χ0) is 13.5. The lowest BCUT2D eigenvalue weighted by molar-refractivity contribution is 1.49. The number of nitrogens with one attached hydrogen (secondary N) is 1. The molecule has 96 valence electrons. The third-order valence-corrected chi connectivity index (χ3v) is 2.66. The molecule has 0 radical (unpaired) electrons. The Bertz CT molecular complexity index is 605. The number of hydrogen-bond acceptors (Lipinski definition) is 0. The Morgan fingerprint density at radius 1 is 0.722 bits per heavy atom. The molecule has 2 aromatic carbocycles. The number of aromatic amines is 1. The van der Waals surface area contributed by atoms with Gasteiger partial charge in [0, 0.05) is 21.8 Å². The van der Waals surface area contributed by atoms with Gasteiger partial charge in [-0.3, -0.25) is 0 Å². The maximum absolute atomic E-state index is 3.41. The Labute approximate surface area is 110 Å². The van der Waals surface area contributed by atoms with E-state index in [-0.39, 0.29) is 0 Å². The maximum Gasteiger partial charge on any atom is 0.0465 e. The summed E-state index contributed by atoms with van der Waals surface area (Å²) in [4.78, 5) is 3.41. The molecule has 0 aliphatic rings. The Morgan fingerprint density at radius 2 is 1.33 bits per heavy atom. The number of fused-ring (bicyclic) bond motifs is 3. The summed E-state index contributed by atoms with van der Waals surface area (Å²) in [6.07, 6.45) is 0. The molecule has 0 aliphatic carbocycles. The number of aryl methyl sites for hydroxylation is 1. The van der Waals surface area contributed by atoms with Crippen LogP contribution in [0.15, 0.2) is 42.5 Å². The van der Waals surface area contributed by atoms with Gasteiger partial charge in [0.1, 0.15) is 0 Å². The summed E-state index contributed by atoms with van der Waals surface area (Å²) in [6.45, 7) is 10.1. The number of para-hydroxylation sites is 1. The summed E-state index contributed by atoms with van der Waals surface area (Å²) in [5.41, 5.74) is 3.74. The van der Waals surface area contributed by atoms with Crippen molar-refractivity contribution in [2.45, 2.75) is 34.6 Å². The zero-order valence-corrected chi connectivity index (χ0v) is 12.0. The van der Waals surface area contributed by atoms with Crippen LogP contribution < -0.4 is 0 Å². The number of hydrogen-bond donors (Lipinski definition) is 1. The van der Waals surface area contributed by atoms with Crippen molar-refractivity contribution in [1.82, 2.24) is 4.98 Å². The topological polar surface area (TPSA) is 15.8 Å². The fraction of sp³-hybridized carbons (Fsp3) is 0.294. The van der Waals surface area contributed by atoms with E-state index in [1.165, 1.54) is 27.4 Å². The Kier molecular flexibility index (Phi) is 5.44. The van der Waals surface area contributed by atoms with Gasteiger partial charge in [0.05, 0.1) is 0 Å². The van der Waals surface area contributed by atoms with Crippen LogP contribution in [0.1, 0.15) is 33.3 Å². The largest absolute Gasteiger partial charge is 0.355 e. The van der Waals surface area contributed by atoms with E-state index in [0.717, 1.165) is 0 Å². The highest BCUT2D eigenvalue weighted by molar-refractivity contribution is 6.07. The van der Waals surface area contributed by atoms with E-state index in [0.29, 0.717) is 0 Å². The fourth-order valence-electron chi connectivity index (χ4n) is 1.96. The molecule has 3 rings (SSSR count). The quantitative estimate of drug-likeness (QED) is 0.521. The third-order valence-electron chi connectivity index (χ3n) is 2.66. The molecule has 1 N–H and O–H groups in total. The van der Waals surface area contributed by atoms with Crippen molar-refractivity contribution in [3.63, 3.8) is 0 Å². The smallest absolute Gasteiger partial charge is 0.0465 e. The van der Waals surface area contributed by atoms with Gasteiger partial charge in [-0.15, -0.1) is 0 Å². The molecule has 0 bridgehead atoms. The van der Waals surface area contributed by atoms with Crippen molar-refractivity contribution >= 4 is 21.8 Å². The summed E-state index contributed by atoms with van der Waals surface area (Å²) in [5.74, 6) is 0. The Balaban J connectivity index is 0.000000371. The Hall–Kier alpha value is -1.76. The molecule has 1 aromatic heterocycles. The van der Waals surface area contributed by atoms with Crippen LogP contribution in [0.5, 0.6) is 0 Å². The number of aromatic nitrogens is 1. The third kappa shape index (κ3) is 2.73. The lowest BCUT2D eigenvalue weighted by Crippen LogP contribution is -1.70. The standard InChI is InChI=1S/C13H11N.2C2H6/c1-9-6-7-13-11(8-9)10-4-2-3-5-12(10)14-13;2*1-2/h2-8,14H,1H3;2*1-2H3. The monoisotopic (exact) mass is 241 g/mol. The van der Waals surface area contributed by atoms with E-state index in [4.69, 9.17) is 0 Å². The molecule has 18 heavy (non-hydrogen) atoms. The van der Waals surface area contributed by atoms with Crippen molar-refractivity contribution in [2.24, 2.45) is 0 Å². The minimum Gasteiger partial charge on any atom is -0.355 e. The van der Waals surface area contributed by atoms with Crippen molar-refractivity contribution in [1.29, 1.82) is 0 Å². The van der Waals surface area contributed by atoms with Gasteiger partial charge in [0.15, 0.2) is 0 Å². The molecule has 0 aliphatic heterocycles. The highest BCUT2D eigenvalue weighted by Gasteiger charge is 2.01. The van der Waals surface area contributed by atoms with Crippen LogP contribution >= 0.6 is 0 Å². The van der Waals surface area contributed by atoms with Gasteiger partial charge in [-0.25, -0.2) is 0 Å². The van der Waals surface area contributed by atoms with Crippen LogP contribution in [-0.2, 0) is 0 Å². The first-order valence-corrected chi connectivity index (χ1v) is 6.82. The number of H-pyrrole nitrogens is 1. The molecule has 0 atom stereocenters. The molecule has 1 heterocycles. The average Bonchev–Trinajstić information content (AvgIpc) is 2.81. The first kappa shape index (κ1) is 14.3. The minimum atomic E-state index is 1.22. The normalized spacial score (nSPS) is 9.39. The Morgan fingerprint density at radius 3 is 2.06 bits per heavy atom. The fourth-order valence-corrected chi connectivity index (χ4v) is 1.96. The van der Waals surface area contributed by atoms with E-state index in [2.05, 4.69) is 54.4 Å². The van der Waals surface area contributed by atoms with Gasteiger partial charge in [0.25, 0.3) is 0 Å². The van der Waals surface area contributed by atoms with Crippen LogP contribution in [0.4, 0.5) is 0 Å². The van der Waals surface area contributed by atoms with E-state index in [1.54, 1.807) is 0 Å². The van der Waals surface area contributed by atoms with Crippen LogP contribution in [0.2, 0.25) is 0 Å². The van der Waals surface area contributed by atoms with Gasteiger partial charge in [-0.1, -0.05) is 57.5 Å². The summed E-state index contributed by atoms with van der Waals surface area (Å²) in [5, 5.41) is 2.63. The van der Waals surface area contributed by atoms with Crippen LogP contribution in [0, 0.1) is 6.92 Å². The summed E-state index contributed by atoms with van der Waals surface area (Å²) in [7, 11) is 0. The highest BCUT2D eigenvalue weighted by Crippen LogP contribution is 2.25. The molecule has 0 spiro atoms. The molecule has 0 saturated heterocycles. The van der Waals surface area contributed by atoms with Gasteiger partial charge < -0.3 is 4.98 Å². The molecule has 0 amide bonds.